The van der Waals surface area contributed by atoms with E-state index in [1.807, 2.05) is 16.7 Å². The Balaban J connectivity index is 1.49. The number of anilines is 1. The van der Waals surface area contributed by atoms with Crippen LogP contribution in [0.5, 0.6) is 0 Å². The second-order valence-electron chi connectivity index (χ2n) is 7.38. The van der Waals surface area contributed by atoms with Crippen LogP contribution in [0.3, 0.4) is 0 Å². The van der Waals surface area contributed by atoms with Crippen molar-refractivity contribution in [2.75, 3.05) is 17.7 Å². The zero-order valence-electron chi connectivity index (χ0n) is 17.4. The number of pyridine rings is 1. The SMILES string of the molecule is Cc1ccc([N+](=O)[O-])cc1NC(=O)CSc1nnc(-c2ccncc2)n1C[C@H]1CCCO1. The maximum Gasteiger partial charge on any atom is 0.271 e. The van der Waals surface area contributed by atoms with E-state index >= 15 is 0 Å². The molecule has 1 amide bonds. The van der Waals surface area contributed by atoms with Crippen LogP contribution < -0.4 is 5.32 Å². The highest BCUT2D eigenvalue weighted by atomic mass is 32.2. The number of aryl methyl sites for hydroxylation is 1. The molecule has 3 heterocycles. The summed E-state index contributed by atoms with van der Waals surface area (Å²) >= 11 is 1.26. The highest BCUT2D eigenvalue weighted by molar-refractivity contribution is 7.99. The molecule has 2 aromatic heterocycles. The molecule has 0 saturated carbocycles. The summed E-state index contributed by atoms with van der Waals surface area (Å²) in [5.41, 5.74) is 1.98. The van der Waals surface area contributed by atoms with Crippen LogP contribution in [0, 0.1) is 17.0 Å². The summed E-state index contributed by atoms with van der Waals surface area (Å²) in [5, 5.41) is 23.0. The van der Waals surface area contributed by atoms with E-state index in [1.54, 1.807) is 25.4 Å². The van der Waals surface area contributed by atoms with Crippen molar-refractivity contribution in [3.8, 4) is 11.4 Å². The number of thioether (sulfide) groups is 1. The van der Waals surface area contributed by atoms with Gasteiger partial charge in [-0.05, 0) is 37.5 Å². The summed E-state index contributed by atoms with van der Waals surface area (Å²) in [7, 11) is 0. The number of nitrogens with one attached hydrogen (secondary N) is 1. The molecule has 1 saturated heterocycles. The van der Waals surface area contributed by atoms with Crippen LogP contribution >= 0.6 is 11.8 Å². The quantitative estimate of drug-likeness (QED) is 0.312. The van der Waals surface area contributed by atoms with E-state index in [-0.39, 0.29) is 23.5 Å². The largest absolute Gasteiger partial charge is 0.376 e. The van der Waals surface area contributed by atoms with Crippen molar-refractivity contribution in [2.45, 2.75) is 37.6 Å². The highest BCUT2D eigenvalue weighted by Gasteiger charge is 2.22. The van der Waals surface area contributed by atoms with Gasteiger partial charge in [0.2, 0.25) is 5.91 Å². The van der Waals surface area contributed by atoms with E-state index in [0.717, 1.165) is 30.6 Å². The Kier molecular flexibility index (Phi) is 6.76. The Bertz CT molecular complexity index is 1110. The van der Waals surface area contributed by atoms with Crippen LogP contribution in [-0.4, -0.2) is 49.0 Å². The summed E-state index contributed by atoms with van der Waals surface area (Å²) in [6.45, 7) is 3.12. The topological polar surface area (TPSA) is 125 Å². The number of ether oxygens (including phenoxy) is 1. The van der Waals surface area contributed by atoms with E-state index in [4.69, 9.17) is 4.74 Å². The van der Waals surface area contributed by atoms with Gasteiger partial charge in [0, 0.05) is 36.7 Å². The maximum atomic E-state index is 12.6. The molecule has 32 heavy (non-hydrogen) atoms. The lowest BCUT2D eigenvalue weighted by molar-refractivity contribution is -0.384. The molecule has 0 radical (unpaired) electrons. The number of nitro groups is 1. The van der Waals surface area contributed by atoms with Crippen molar-refractivity contribution in [3.63, 3.8) is 0 Å². The molecule has 10 nitrogen and oxygen atoms in total. The molecule has 3 aromatic rings. The molecule has 0 unspecified atom stereocenters. The number of aromatic nitrogens is 4. The first-order valence-corrected chi connectivity index (χ1v) is 11.1. The van der Waals surface area contributed by atoms with E-state index < -0.39 is 4.92 Å². The van der Waals surface area contributed by atoms with Crippen LogP contribution in [0.4, 0.5) is 11.4 Å². The molecule has 1 fully saturated rings. The molecule has 1 aromatic carbocycles. The number of carbonyl (C=O) groups is 1. The molecule has 4 rings (SSSR count). The van der Waals surface area contributed by atoms with E-state index in [0.29, 0.717) is 23.2 Å². The lowest BCUT2D eigenvalue weighted by Gasteiger charge is -2.14. The third-order valence-corrected chi connectivity index (χ3v) is 6.07. The Morgan fingerprint density at radius 1 is 1.31 bits per heavy atom. The second-order valence-corrected chi connectivity index (χ2v) is 8.32. The van der Waals surface area contributed by atoms with Crippen molar-refractivity contribution in [1.82, 2.24) is 19.7 Å². The predicted octanol–water partition coefficient (Wildman–Crippen LogP) is 3.47. The zero-order chi connectivity index (χ0) is 22.5. The predicted molar refractivity (Wildman–Crippen MR) is 119 cm³/mol. The fraction of sp³-hybridized carbons (Fsp3) is 0.333. The fourth-order valence-electron chi connectivity index (χ4n) is 3.44. The Morgan fingerprint density at radius 3 is 2.84 bits per heavy atom. The van der Waals surface area contributed by atoms with E-state index in [1.165, 1.54) is 23.9 Å². The van der Waals surface area contributed by atoms with Gasteiger partial charge in [0.05, 0.1) is 29.0 Å². The van der Waals surface area contributed by atoms with Gasteiger partial charge in [0.15, 0.2) is 11.0 Å². The first-order valence-electron chi connectivity index (χ1n) is 10.1. The molecule has 0 aliphatic carbocycles. The lowest BCUT2D eigenvalue weighted by atomic mass is 10.2. The number of nitro benzene ring substituents is 1. The number of hydrogen-bond donors (Lipinski definition) is 1. The van der Waals surface area contributed by atoms with Crippen LogP contribution in [0.1, 0.15) is 18.4 Å². The minimum absolute atomic E-state index is 0.0724. The molecular weight excluding hydrogens is 432 g/mol. The molecule has 0 bridgehead atoms. The Hall–Kier alpha value is -3.31. The minimum atomic E-state index is -0.488. The molecule has 1 N–H and O–H groups in total. The van der Waals surface area contributed by atoms with Gasteiger partial charge >= 0.3 is 0 Å². The third-order valence-electron chi connectivity index (χ3n) is 5.10. The Morgan fingerprint density at radius 2 is 2.12 bits per heavy atom. The van der Waals surface area contributed by atoms with Gasteiger partial charge in [0.25, 0.3) is 5.69 Å². The molecule has 11 heteroatoms. The summed E-state index contributed by atoms with van der Waals surface area (Å²) in [5.74, 6) is 0.498. The molecule has 1 aliphatic rings. The average Bonchev–Trinajstić information content (AvgIpc) is 3.45. The number of rotatable bonds is 8. The number of benzene rings is 1. The normalized spacial score (nSPS) is 15.6. The summed E-state index contributed by atoms with van der Waals surface area (Å²) in [6, 6.07) is 8.11. The van der Waals surface area contributed by atoms with E-state index in [9.17, 15) is 14.9 Å². The number of non-ortho nitro benzene ring substituents is 1. The molecule has 166 valence electrons. The fourth-order valence-corrected chi connectivity index (χ4v) is 4.19. The number of carbonyl (C=O) groups excluding carboxylic acids is 1. The van der Waals surface area contributed by atoms with Crippen LogP contribution in [0.2, 0.25) is 0 Å². The summed E-state index contributed by atoms with van der Waals surface area (Å²) in [4.78, 5) is 27.1. The van der Waals surface area contributed by atoms with Gasteiger partial charge < -0.3 is 10.1 Å². The Labute approximate surface area is 188 Å². The zero-order valence-corrected chi connectivity index (χ0v) is 18.2. The summed E-state index contributed by atoms with van der Waals surface area (Å²) < 4.78 is 7.76. The van der Waals surface area contributed by atoms with Gasteiger partial charge in [0.1, 0.15) is 0 Å². The smallest absolute Gasteiger partial charge is 0.271 e. The maximum absolute atomic E-state index is 12.6. The van der Waals surface area contributed by atoms with Crippen LogP contribution in [-0.2, 0) is 16.1 Å². The molecule has 1 aliphatic heterocycles. The van der Waals surface area contributed by atoms with Crippen molar-refractivity contribution in [3.05, 3.63) is 58.4 Å². The van der Waals surface area contributed by atoms with Gasteiger partial charge in [-0.15, -0.1) is 10.2 Å². The first kappa shape index (κ1) is 21.9. The highest BCUT2D eigenvalue weighted by Crippen LogP contribution is 2.27. The molecule has 0 spiro atoms. The summed E-state index contributed by atoms with van der Waals surface area (Å²) in [6.07, 6.45) is 5.45. The van der Waals surface area contributed by atoms with Crippen LogP contribution in [0.25, 0.3) is 11.4 Å². The van der Waals surface area contributed by atoms with Gasteiger partial charge in [-0.1, -0.05) is 17.8 Å². The first-order chi connectivity index (χ1) is 15.5. The van der Waals surface area contributed by atoms with Gasteiger partial charge in [-0.25, -0.2) is 0 Å². The van der Waals surface area contributed by atoms with Gasteiger partial charge in [-0.2, -0.15) is 0 Å². The minimum Gasteiger partial charge on any atom is -0.376 e. The van der Waals surface area contributed by atoms with Crippen molar-refractivity contribution in [1.29, 1.82) is 0 Å². The molecule has 1 atom stereocenters. The van der Waals surface area contributed by atoms with Gasteiger partial charge in [-0.3, -0.25) is 24.5 Å². The van der Waals surface area contributed by atoms with Crippen molar-refractivity contribution in [2.24, 2.45) is 0 Å². The van der Waals surface area contributed by atoms with E-state index in [2.05, 4.69) is 20.5 Å². The van der Waals surface area contributed by atoms with Crippen molar-refractivity contribution >= 4 is 29.0 Å². The van der Waals surface area contributed by atoms with Crippen LogP contribution in [0.15, 0.2) is 47.9 Å². The third kappa shape index (κ3) is 5.11. The lowest BCUT2D eigenvalue weighted by Crippen LogP contribution is -2.18. The number of hydrogen-bond acceptors (Lipinski definition) is 8. The standard InChI is InChI=1S/C21H22N6O4S/c1-14-4-5-16(27(29)30)11-18(14)23-19(28)13-32-21-25-24-20(15-6-8-22-9-7-15)26(21)12-17-3-2-10-31-17/h4-9,11,17H,2-3,10,12-13H2,1H3,(H,23,28)/t17-/m1/s1. The molecular formula is C21H22N6O4S. The number of amides is 1. The average molecular weight is 455 g/mol. The van der Waals surface area contributed by atoms with Crippen molar-refractivity contribution < 1.29 is 14.5 Å². The second kappa shape index (κ2) is 9.88. The number of nitrogens with zero attached hydrogens (tertiary/aromatic N) is 5. The monoisotopic (exact) mass is 454 g/mol.